The molecule has 0 aliphatic carbocycles. The van der Waals surface area contributed by atoms with Gasteiger partial charge in [-0.1, -0.05) is 35.9 Å². The fraction of sp³-hybridized carbons (Fsp3) is 0.440. The van der Waals surface area contributed by atoms with Gasteiger partial charge in [-0.15, -0.1) is 0 Å². The van der Waals surface area contributed by atoms with Gasteiger partial charge in [0, 0.05) is 12.0 Å². The molecule has 1 saturated heterocycles. The molecule has 2 aliphatic rings. The molecule has 4 rings (SSSR count). The maximum atomic E-state index is 13.2. The van der Waals surface area contributed by atoms with Gasteiger partial charge in [-0.05, 0) is 70.0 Å². The number of ether oxygens (including phenoxy) is 1. The van der Waals surface area contributed by atoms with Gasteiger partial charge in [-0.2, -0.15) is 5.10 Å². The van der Waals surface area contributed by atoms with E-state index in [-0.39, 0.29) is 11.9 Å². The zero-order valence-electron chi connectivity index (χ0n) is 18.2. The first-order chi connectivity index (χ1) is 14.5. The van der Waals surface area contributed by atoms with Gasteiger partial charge in [0.2, 0.25) is 0 Å². The van der Waals surface area contributed by atoms with Crippen LogP contribution >= 0.6 is 0 Å². The van der Waals surface area contributed by atoms with E-state index < -0.39 is 0 Å². The van der Waals surface area contributed by atoms with Crippen LogP contribution in [0.25, 0.3) is 0 Å². The number of likely N-dealkylation sites (tertiary alicyclic amines) is 1. The molecule has 1 atom stereocenters. The predicted molar refractivity (Wildman–Crippen MR) is 120 cm³/mol. The maximum Gasteiger partial charge on any atom is 0.257 e. The highest BCUT2D eigenvalue weighted by Crippen LogP contribution is 2.34. The summed E-state index contributed by atoms with van der Waals surface area (Å²) in [5.41, 5.74) is 5.65. The molecule has 0 bridgehead atoms. The van der Waals surface area contributed by atoms with Gasteiger partial charge < -0.3 is 4.74 Å². The van der Waals surface area contributed by atoms with E-state index in [2.05, 4.69) is 49.1 Å². The van der Waals surface area contributed by atoms with E-state index in [1.165, 1.54) is 24.0 Å². The highest BCUT2D eigenvalue weighted by atomic mass is 16.5. The minimum absolute atomic E-state index is 0.0773. The van der Waals surface area contributed by atoms with Crippen LogP contribution in [0, 0.1) is 13.8 Å². The zero-order chi connectivity index (χ0) is 21.1. The van der Waals surface area contributed by atoms with Gasteiger partial charge in [0.1, 0.15) is 5.75 Å². The summed E-state index contributed by atoms with van der Waals surface area (Å²) in [4.78, 5) is 15.5. The first-order valence-corrected chi connectivity index (χ1v) is 11.0. The lowest BCUT2D eigenvalue weighted by molar-refractivity contribution is -0.134. The third kappa shape index (κ3) is 4.41. The topological polar surface area (TPSA) is 45.1 Å². The summed E-state index contributed by atoms with van der Waals surface area (Å²) in [6.45, 7) is 9.28. The Hall–Kier alpha value is -2.66. The number of hydrogen-bond donors (Lipinski definition) is 0. The predicted octanol–water partition coefficient (Wildman–Crippen LogP) is 4.48. The Balaban J connectivity index is 1.62. The summed E-state index contributed by atoms with van der Waals surface area (Å²) in [6, 6.07) is 14.4. The Morgan fingerprint density at radius 3 is 2.50 bits per heavy atom. The van der Waals surface area contributed by atoms with Gasteiger partial charge in [-0.3, -0.25) is 9.69 Å². The molecule has 0 spiro atoms. The monoisotopic (exact) mass is 405 g/mol. The number of hydrogen-bond acceptors (Lipinski definition) is 4. The van der Waals surface area contributed by atoms with Crippen LogP contribution in [0.1, 0.15) is 54.5 Å². The highest BCUT2D eigenvalue weighted by Gasteiger charge is 2.34. The van der Waals surface area contributed by atoms with Crippen molar-refractivity contribution in [3.63, 3.8) is 0 Å². The standard InChI is InChI=1S/C25H31N3O2/c1-4-30-21-10-8-20(9-11-21)24-16-23(22-12-7-18(2)15-19(22)3)26-28(24)25(29)17-27-13-5-6-14-27/h7-12,15,24H,4-6,13-14,16-17H2,1-3H3. The number of carbonyl (C=O) groups excluding carboxylic acids is 1. The summed E-state index contributed by atoms with van der Waals surface area (Å²) in [5, 5.41) is 6.57. The maximum absolute atomic E-state index is 13.2. The Labute approximate surface area is 179 Å². The molecule has 0 aromatic heterocycles. The first-order valence-electron chi connectivity index (χ1n) is 11.0. The number of hydrazone groups is 1. The van der Waals surface area contributed by atoms with E-state index >= 15 is 0 Å². The van der Waals surface area contributed by atoms with E-state index in [9.17, 15) is 4.79 Å². The molecule has 5 heteroatoms. The first kappa shape index (κ1) is 20.6. The normalized spacial score (nSPS) is 19.2. The van der Waals surface area contributed by atoms with Crippen LogP contribution in [0.4, 0.5) is 0 Å². The lowest BCUT2D eigenvalue weighted by atomic mass is 9.95. The molecule has 1 unspecified atom stereocenters. The number of carbonyl (C=O) groups is 1. The highest BCUT2D eigenvalue weighted by molar-refractivity contribution is 6.04. The van der Waals surface area contributed by atoms with Crippen LogP contribution in [0.15, 0.2) is 47.6 Å². The Morgan fingerprint density at radius 1 is 1.10 bits per heavy atom. The Morgan fingerprint density at radius 2 is 1.83 bits per heavy atom. The fourth-order valence-electron chi connectivity index (χ4n) is 4.46. The zero-order valence-corrected chi connectivity index (χ0v) is 18.2. The molecule has 0 saturated carbocycles. The quantitative estimate of drug-likeness (QED) is 0.712. The van der Waals surface area contributed by atoms with Gasteiger partial charge >= 0.3 is 0 Å². The van der Waals surface area contributed by atoms with Crippen LogP contribution < -0.4 is 4.74 Å². The molecular formula is C25H31N3O2. The molecule has 158 valence electrons. The molecule has 2 heterocycles. The SMILES string of the molecule is CCOc1ccc(C2CC(c3ccc(C)cc3C)=NN2C(=O)CN2CCCC2)cc1. The number of amides is 1. The van der Waals surface area contributed by atoms with Crippen LogP contribution in [0.2, 0.25) is 0 Å². The van der Waals surface area contributed by atoms with E-state index in [1.807, 2.05) is 19.1 Å². The summed E-state index contributed by atoms with van der Waals surface area (Å²) >= 11 is 0. The van der Waals surface area contributed by atoms with Gasteiger partial charge in [-0.25, -0.2) is 5.01 Å². The van der Waals surface area contributed by atoms with Gasteiger partial charge in [0.25, 0.3) is 5.91 Å². The van der Waals surface area contributed by atoms with Crippen molar-refractivity contribution in [2.75, 3.05) is 26.2 Å². The van der Waals surface area contributed by atoms with Crippen LogP contribution in [0.3, 0.4) is 0 Å². The largest absolute Gasteiger partial charge is 0.494 e. The molecule has 2 aromatic rings. The average molecular weight is 406 g/mol. The molecule has 0 N–H and O–H groups in total. The van der Waals surface area contributed by atoms with Crippen molar-refractivity contribution in [2.45, 2.75) is 46.1 Å². The van der Waals surface area contributed by atoms with E-state index in [0.29, 0.717) is 13.2 Å². The summed E-state index contributed by atoms with van der Waals surface area (Å²) in [5.74, 6) is 0.931. The van der Waals surface area contributed by atoms with E-state index in [1.54, 1.807) is 5.01 Å². The minimum atomic E-state index is -0.0773. The summed E-state index contributed by atoms with van der Waals surface area (Å²) < 4.78 is 5.59. The number of aryl methyl sites for hydroxylation is 2. The van der Waals surface area contributed by atoms with E-state index in [4.69, 9.17) is 9.84 Å². The Kier molecular flexibility index (Phi) is 6.18. The van der Waals surface area contributed by atoms with Crippen molar-refractivity contribution in [3.05, 3.63) is 64.7 Å². The van der Waals surface area contributed by atoms with Crippen molar-refractivity contribution in [3.8, 4) is 5.75 Å². The van der Waals surface area contributed by atoms with Crippen molar-refractivity contribution in [1.29, 1.82) is 0 Å². The molecule has 2 aromatic carbocycles. The summed E-state index contributed by atoms with van der Waals surface area (Å²) in [6.07, 6.45) is 3.07. The number of rotatable bonds is 6. The third-order valence-electron chi connectivity index (χ3n) is 5.99. The molecular weight excluding hydrogens is 374 g/mol. The van der Waals surface area contributed by atoms with Crippen LogP contribution in [-0.2, 0) is 4.79 Å². The second kappa shape index (κ2) is 9.00. The molecule has 1 fully saturated rings. The van der Waals surface area contributed by atoms with Crippen molar-refractivity contribution in [2.24, 2.45) is 5.10 Å². The van der Waals surface area contributed by atoms with Gasteiger partial charge in [0.15, 0.2) is 0 Å². The molecule has 2 aliphatic heterocycles. The molecule has 5 nitrogen and oxygen atoms in total. The Bertz CT molecular complexity index is 930. The van der Waals surface area contributed by atoms with Crippen molar-refractivity contribution >= 4 is 11.6 Å². The second-order valence-electron chi connectivity index (χ2n) is 8.31. The fourth-order valence-corrected chi connectivity index (χ4v) is 4.46. The lowest BCUT2D eigenvalue weighted by Gasteiger charge is -2.24. The van der Waals surface area contributed by atoms with Crippen LogP contribution in [0.5, 0.6) is 5.75 Å². The smallest absolute Gasteiger partial charge is 0.257 e. The molecule has 30 heavy (non-hydrogen) atoms. The number of nitrogens with zero attached hydrogens (tertiary/aromatic N) is 3. The molecule has 0 radical (unpaired) electrons. The summed E-state index contributed by atoms with van der Waals surface area (Å²) in [7, 11) is 0. The second-order valence-corrected chi connectivity index (χ2v) is 8.31. The average Bonchev–Trinajstić information content (AvgIpc) is 3.39. The van der Waals surface area contributed by atoms with E-state index in [0.717, 1.165) is 42.1 Å². The molecule has 1 amide bonds. The van der Waals surface area contributed by atoms with Gasteiger partial charge in [0.05, 0.1) is 24.9 Å². The number of benzene rings is 2. The third-order valence-corrected chi connectivity index (χ3v) is 5.99. The van der Waals surface area contributed by atoms with Crippen molar-refractivity contribution in [1.82, 2.24) is 9.91 Å². The van der Waals surface area contributed by atoms with Crippen LogP contribution in [-0.4, -0.2) is 47.8 Å². The van der Waals surface area contributed by atoms with Crippen molar-refractivity contribution < 1.29 is 9.53 Å². The lowest BCUT2D eigenvalue weighted by Crippen LogP contribution is -2.36. The minimum Gasteiger partial charge on any atom is -0.494 e.